The van der Waals surface area contributed by atoms with Crippen molar-refractivity contribution in [2.24, 2.45) is 0 Å². The fraction of sp³-hybridized carbons (Fsp3) is 0.588. The summed E-state index contributed by atoms with van der Waals surface area (Å²) in [6.45, 7) is 2.63. The molecule has 1 saturated heterocycles. The zero-order valence-corrected chi connectivity index (χ0v) is 13.1. The van der Waals surface area contributed by atoms with Crippen LogP contribution in [0.5, 0.6) is 11.5 Å². The predicted octanol–water partition coefficient (Wildman–Crippen LogP) is 1.95. The number of benzene rings is 1. The molecule has 0 radical (unpaired) electrons. The van der Waals surface area contributed by atoms with Crippen molar-refractivity contribution in [2.75, 3.05) is 26.8 Å². The van der Waals surface area contributed by atoms with Crippen molar-refractivity contribution in [1.29, 1.82) is 0 Å². The van der Waals surface area contributed by atoms with Crippen molar-refractivity contribution in [2.45, 2.75) is 38.3 Å². The highest BCUT2D eigenvalue weighted by molar-refractivity contribution is 5.78. The lowest BCUT2D eigenvalue weighted by Crippen LogP contribution is -2.32. The van der Waals surface area contributed by atoms with Crippen LogP contribution in [-0.2, 0) is 11.3 Å². The maximum absolute atomic E-state index is 12.0. The molecule has 120 valence electrons. The summed E-state index contributed by atoms with van der Waals surface area (Å²) in [7, 11) is 1.63. The number of methoxy groups -OCH3 is 1. The van der Waals surface area contributed by atoms with E-state index < -0.39 is 0 Å². The summed E-state index contributed by atoms with van der Waals surface area (Å²) in [6.07, 6.45) is 4.74. The van der Waals surface area contributed by atoms with Crippen LogP contribution in [0.15, 0.2) is 18.2 Å². The van der Waals surface area contributed by atoms with Crippen LogP contribution in [0.1, 0.15) is 31.2 Å². The van der Waals surface area contributed by atoms with Crippen LogP contribution >= 0.6 is 0 Å². The van der Waals surface area contributed by atoms with E-state index in [-0.39, 0.29) is 12.5 Å². The van der Waals surface area contributed by atoms with Gasteiger partial charge in [0, 0.05) is 25.7 Å². The monoisotopic (exact) mass is 304 g/mol. The molecule has 0 bridgehead atoms. The summed E-state index contributed by atoms with van der Waals surface area (Å²) in [4.78, 5) is 13.9. The number of ether oxygens (including phenoxy) is 2. The van der Waals surface area contributed by atoms with Crippen molar-refractivity contribution >= 4 is 5.91 Å². The summed E-state index contributed by atoms with van der Waals surface area (Å²) in [5.41, 5.74) is 1.17. The van der Waals surface area contributed by atoms with Crippen LogP contribution in [0.25, 0.3) is 0 Å². The number of carbonyl (C=O) groups excluding carboxylic acids is 1. The topological polar surface area (TPSA) is 50.8 Å². The predicted molar refractivity (Wildman–Crippen MR) is 84.2 cm³/mol. The van der Waals surface area contributed by atoms with Gasteiger partial charge in [0.1, 0.15) is 0 Å². The summed E-state index contributed by atoms with van der Waals surface area (Å²) in [5.74, 6) is 1.37. The van der Waals surface area contributed by atoms with Crippen molar-refractivity contribution in [3.63, 3.8) is 0 Å². The molecule has 22 heavy (non-hydrogen) atoms. The summed E-state index contributed by atoms with van der Waals surface area (Å²) < 4.78 is 11.0. The largest absolute Gasteiger partial charge is 0.493 e. The van der Waals surface area contributed by atoms with Crippen molar-refractivity contribution in [3.05, 3.63) is 23.8 Å². The molecule has 2 aliphatic rings. The lowest BCUT2D eigenvalue weighted by atomic mass is 10.2. The molecule has 5 heteroatoms. The van der Waals surface area contributed by atoms with Gasteiger partial charge in [-0.1, -0.05) is 6.07 Å². The van der Waals surface area contributed by atoms with E-state index in [2.05, 4.69) is 5.32 Å². The Morgan fingerprint density at radius 3 is 2.73 bits per heavy atom. The van der Waals surface area contributed by atoms with Gasteiger partial charge in [-0.15, -0.1) is 0 Å². The van der Waals surface area contributed by atoms with Gasteiger partial charge >= 0.3 is 0 Å². The second-order valence-electron chi connectivity index (χ2n) is 6.02. The first-order valence-corrected chi connectivity index (χ1v) is 8.07. The Balaban J connectivity index is 1.55. The van der Waals surface area contributed by atoms with Crippen LogP contribution in [0.2, 0.25) is 0 Å². The van der Waals surface area contributed by atoms with E-state index >= 15 is 0 Å². The molecule has 2 fully saturated rings. The Kier molecular flexibility index (Phi) is 4.83. The molecule has 0 aromatic heterocycles. The van der Waals surface area contributed by atoms with Gasteiger partial charge < -0.3 is 19.7 Å². The van der Waals surface area contributed by atoms with E-state index in [4.69, 9.17) is 9.47 Å². The molecule has 0 unspecified atom stereocenters. The van der Waals surface area contributed by atoms with Gasteiger partial charge in [-0.3, -0.25) is 4.79 Å². The molecule has 1 aromatic carbocycles. The van der Waals surface area contributed by atoms with Gasteiger partial charge in [-0.2, -0.15) is 0 Å². The van der Waals surface area contributed by atoms with E-state index in [1.807, 2.05) is 23.1 Å². The third-order valence-corrected chi connectivity index (χ3v) is 4.21. The van der Waals surface area contributed by atoms with E-state index in [0.29, 0.717) is 17.5 Å². The molecule has 3 rings (SSSR count). The Morgan fingerprint density at radius 1 is 1.27 bits per heavy atom. The van der Waals surface area contributed by atoms with Crippen LogP contribution in [0.4, 0.5) is 0 Å². The molecule has 1 amide bonds. The Hall–Kier alpha value is -1.75. The molecule has 1 heterocycles. The highest BCUT2D eigenvalue weighted by atomic mass is 16.5. The third-order valence-electron chi connectivity index (χ3n) is 4.21. The van der Waals surface area contributed by atoms with E-state index in [1.165, 1.54) is 18.4 Å². The maximum Gasteiger partial charge on any atom is 0.260 e. The highest BCUT2D eigenvalue weighted by Crippen LogP contribution is 2.29. The summed E-state index contributed by atoms with van der Waals surface area (Å²) in [6, 6.07) is 6.57. The third kappa shape index (κ3) is 3.91. The molecular formula is C17H24N2O3. The fourth-order valence-electron chi connectivity index (χ4n) is 2.69. The van der Waals surface area contributed by atoms with Gasteiger partial charge in [-0.25, -0.2) is 0 Å². The fourth-order valence-corrected chi connectivity index (χ4v) is 2.69. The number of hydrogen-bond acceptors (Lipinski definition) is 4. The number of hydrogen-bond donors (Lipinski definition) is 1. The second kappa shape index (κ2) is 7.01. The molecular weight excluding hydrogens is 280 g/mol. The first kappa shape index (κ1) is 15.2. The van der Waals surface area contributed by atoms with Crippen molar-refractivity contribution in [3.8, 4) is 11.5 Å². The van der Waals surface area contributed by atoms with Crippen LogP contribution in [0, 0.1) is 0 Å². The van der Waals surface area contributed by atoms with Crippen molar-refractivity contribution in [1.82, 2.24) is 10.2 Å². The van der Waals surface area contributed by atoms with Gasteiger partial charge in [0.25, 0.3) is 5.91 Å². The lowest BCUT2D eigenvalue weighted by Gasteiger charge is -2.17. The lowest BCUT2D eigenvalue weighted by molar-refractivity contribution is -0.132. The smallest absolute Gasteiger partial charge is 0.260 e. The first-order valence-electron chi connectivity index (χ1n) is 8.07. The highest BCUT2D eigenvalue weighted by Gasteiger charge is 2.21. The number of rotatable bonds is 7. The van der Waals surface area contributed by atoms with E-state index in [0.717, 1.165) is 32.5 Å². The summed E-state index contributed by atoms with van der Waals surface area (Å²) >= 11 is 0. The van der Waals surface area contributed by atoms with Crippen molar-refractivity contribution < 1.29 is 14.3 Å². The molecule has 1 N–H and O–H groups in total. The van der Waals surface area contributed by atoms with Crippen LogP contribution in [0.3, 0.4) is 0 Å². The number of likely N-dealkylation sites (tertiary alicyclic amines) is 1. The number of nitrogens with zero attached hydrogens (tertiary/aromatic N) is 1. The minimum atomic E-state index is 0.0547. The molecule has 1 saturated carbocycles. The normalized spacial score (nSPS) is 17.6. The molecule has 1 aromatic rings. The molecule has 0 atom stereocenters. The zero-order chi connectivity index (χ0) is 15.4. The SMILES string of the molecule is COc1cc(CNC2CC2)ccc1OCC(=O)N1CCCC1. The van der Waals surface area contributed by atoms with Gasteiger partial charge in [0.05, 0.1) is 7.11 Å². The van der Waals surface area contributed by atoms with Crippen LogP contribution in [-0.4, -0.2) is 43.7 Å². The number of nitrogens with one attached hydrogen (secondary N) is 1. The van der Waals surface area contributed by atoms with Gasteiger partial charge in [0.2, 0.25) is 0 Å². The maximum atomic E-state index is 12.0. The minimum absolute atomic E-state index is 0.0547. The summed E-state index contributed by atoms with van der Waals surface area (Å²) in [5, 5.41) is 3.47. The quantitative estimate of drug-likeness (QED) is 0.836. The molecule has 0 spiro atoms. The Labute approximate surface area is 131 Å². The zero-order valence-electron chi connectivity index (χ0n) is 13.1. The van der Waals surface area contributed by atoms with E-state index in [9.17, 15) is 4.79 Å². The average molecular weight is 304 g/mol. The minimum Gasteiger partial charge on any atom is -0.493 e. The number of amides is 1. The standard InChI is InChI=1S/C17H24N2O3/c1-21-16-10-13(11-18-14-5-6-14)4-7-15(16)22-12-17(20)19-8-2-3-9-19/h4,7,10,14,18H,2-3,5-6,8-9,11-12H2,1H3. The molecule has 1 aliphatic heterocycles. The van der Waals surface area contributed by atoms with Gasteiger partial charge in [-0.05, 0) is 43.4 Å². The number of carbonyl (C=O) groups is 1. The molecule has 1 aliphatic carbocycles. The van der Waals surface area contributed by atoms with Gasteiger partial charge in [0.15, 0.2) is 18.1 Å². The Bertz CT molecular complexity index is 523. The van der Waals surface area contributed by atoms with Crippen LogP contribution < -0.4 is 14.8 Å². The average Bonchev–Trinajstić information content (AvgIpc) is 3.21. The molecule has 5 nitrogen and oxygen atoms in total. The first-order chi connectivity index (χ1) is 10.8. The van der Waals surface area contributed by atoms with E-state index in [1.54, 1.807) is 7.11 Å². The Morgan fingerprint density at radius 2 is 2.05 bits per heavy atom. The second-order valence-corrected chi connectivity index (χ2v) is 6.02.